The molecule has 0 aliphatic carbocycles. The molecule has 1 aromatic carbocycles. The highest BCUT2D eigenvalue weighted by Gasteiger charge is 2.24. The number of nitrogens with zero attached hydrogens (tertiary/aromatic N) is 2. The van der Waals surface area contributed by atoms with Gasteiger partial charge in [0.2, 0.25) is 0 Å². The maximum absolute atomic E-state index is 11.5. The average molecular weight is 334 g/mol. The van der Waals surface area contributed by atoms with E-state index in [0.717, 1.165) is 22.5 Å². The number of carbonyl (C=O) groups is 1. The number of pyridine rings is 2. The molecule has 3 heterocycles. The molecule has 7 nitrogen and oxygen atoms in total. The van der Waals surface area contributed by atoms with Crippen molar-refractivity contribution in [1.29, 1.82) is 0 Å². The molecule has 0 fully saturated rings. The Morgan fingerprint density at radius 2 is 2.12 bits per heavy atom. The maximum atomic E-state index is 11.5. The molecule has 1 aliphatic heterocycles. The monoisotopic (exact) mass is 334 g/mol. The number of hydroxylamine groups is 1. The second-order valence-electron chi connectivity index (χ2n) is 5.51. The number of hydrogen-bond donors (Lipinski definition) is 3. The van der Waals surface area contributed by atoms with Crippen LogP contribution in [0.15, 0.2) is 61.1 Å². The molecule has 0 spiro atoms. The van der Waals surface area contributed by atoms with E-state index >= 15 is 0 Å². The summed E-state index contributed by atoms with van der Waals surface area (Å²) in [7, 11) is 0. The van der Waals surface area contributed by atoms with Crippen LogP contribution in [-0.4, -0.2) is 21.1 Å². The summed E-state index contributed by atoms with van der Waals surface area (Å²) in [5.74, 6) is -0.0419. The zero-order valence-electron chi connectivity index (χ0n) is 13.0. The highest BCUT2D eigenvalue weighted by molar-refractivity contribution is 5.94. The third-order valence-electron chi connectivity index (χ3n) is 3.92. The highest BCUT2D eigenvalue weighted by atomic mass is 16.5. The van der Waals surface area contributed by atoms with Crippen LogP contribution in [0, 0.1) is 0 Å². The van der Waals surface area contributed by atoms with Gasteiger partial charge in [-0.05, 0) is 42.5 Å². The van der Waals surface area contributed by atoms with Gasteiger partial charge in [-0.3, -0.25) is 20.0 Å². The van der Waals surface area contributed by atoms with Crippen molar-refractivity contribution in [3.63, 3.8) is 0 Å². The predicted octanol–water partition coefficient (Wildman–Crippen LogP) is 2.77. The van der Waals surface area contributed by atoms with Crippen LogP contribution in [0.2, 0.25) is 0 Å². The molecule has 2 aromatic heterocycles. The molecule has 0 saturated carbocycles. The first-order valence-electron chi connectivity index (χ1n) is 7.62. The van der Waals surface area contributed by atoms with Crippen molar-refractivity contribution in [3.8, 4) is 17.0 Å². The van der Waals surface area contributed by atoms with Crippen LogP contribution in [0.1, 0.15) is 22.1 Å². The van der Waals surface area contributed by atoms with E-state index in [1.165, 1.54) is 0 Å². The van der Waals surface area contributed by atoms with Crippen LogP contribution in [0.25, 0.3) is 11.3 Å². The third-order valence-corrected chi connectivity index (χ3v) is 3.92. The van der Waals surface area contributed by atoms with E-state index in [-0.39, 0.29) is 0 Å². The molecule has 1 unspecified atom stereocenters. The fourth-order valence-corrected chi connectivity index (χ4v) is 2.64. The van der Waals surface area contributed by atoms with Crippen molar-refractivity contribution in [2.45, 2.75) is 6.23 Å². The van der Waals surface area contributed by atoms with Crippen molar-refractivity contribution in [3.05, 3.63) is 72.2 Å². The van der Waals surface area contributed by atoms with Crippen molar-refractivity contribution in [2.75, 3.05) is 5.32 Å². The second-order valence-corrected chi connectivity index (χ2v) is 5.51. The zero-order valence-corrected chi connectivity index (χ0v) is 13.0. The smallest absolute Gasteiger partial charge is 0.274 e. The Morgan fingerprint density at radius 1 is 1.20 bits per heavy atom. The van der Waals surface area contributed by atoms with E-state index < -0.39 is 12.1 Å². The van der Waals surface area contributed by atoms with Gasteiger partial charge in [0.15, 0.2) is 6.23 Å². The molecule has 0 radical (unpaired) electrons. The van der Waals surface area contributed by atoms with Gasteiger partial charge >= 0.3 is 0 Å². The fourth-order valence-electron chi connectivity index (χ4n) is 2.64. The number of fused-ring (bicyclic) bond motifs is 1. The normalized spacial score (nSPS) is 15.0. The summed E-state index contributed by atoms with van der Waals surface area (Å²) in [5.41, 5.74) is 5.32. The Hall–Kier alpha value is -3.45. The van der Waals surface area contributed by atoms with Crippen LogP contribution in [0.3, 0.4) is 0 Å². The number of ether oxygens (including phenoxy) is 1. The average Bonchev–Trinajstić information content (AvgIpc) is 3.11. The lowest BCUT2D eigenvalue weighted by Crippen LogP contribution is -2.18. The van der Waals surface area contributed by atoms with Gasteiger partial charge < -0.3 is 10.1 Å². The molecule has 25 heavy (non-hydrogen) atoms. The van der Waals surface area contributed by atoms with E-state index in [2.05, 4.69) is 15.3 Å². The predicted molar refractivity (Wildman–Crippen MR) is 90.2 cm³/mol. The molecule has 1 atom stereocenters. The molecule has 0 bridgehead atoms. The van der Waals surface area contributed by atoms with Gasteiger partial charge in [-0.25, -0.2) is 5.48 Å². The molecule has 1 aliphatic rings. The maximum Gasteiger partial charge on any atom is 0.274 e. The SMILES string of the molecule is O=C(NO)c1ccc2c(c1)OC(c1ccc(-c3cccnc3)nc1)N2. The Balaban J connectivity index is 1.54. The van der Waals surface area contributed by atoms with Crippen LogP contribution in [0.4, 0.5) is 5.69 Å². The minimum atomic E-state index is -0.586. The number of amides is 1. The molecular formula is C18H14N4O3. The molecule has 0 saturated heterocycles. The number of nitrogens with one attached hydrogen (secondary N) is 2. The Labute approximate surface area is 143 Å². The summed E-state index contributed by atoms with van der Waals surface area (Å²) < 4.78 is 5.85. The van der Waals surface area contributed by atoms with Crippen LogP contribution < -0.4 is 15.5 Å². The Morgan fingerprint density at radius 3 is 2.84 bits per heavy atom. The highest BCUT2D eigenvalue weighted by Crippen LogP contribution is 2.38. The molecule has 3 aromatic rings. The summed E-state index contributed by atoms with van der Waals surface area (Å²) in [6, 6.07) is 12.6. The number of aromatic nitrogens is 2. The standard InChI is InChI=1S/C18H14N4O3/c23-17(22-24)11-3-6-15-16(8-11)25-18(21-15)13-4-5-14(20-10-13)12-2-1-7-19-9-12/h1-10,18,21,24H,(H,22,23). The lowest BCUT2D eigenvalue weighted by Gasteiger charge is -2.11. The summed E-state index contributed by atoms with van der Waals surface area (Å²) in [6.07, 6.45) is 4.83. The molecule has 4 rings (SSSR count). The molecule has 124 valence electrons. The minimum absolute atomic E-state index is 0.314. The van der Waals surface area contributed by atoms with Crippen molar-refractivity contribution >= 4 is 11.6 Å². The molecule has 3 N–H and O–H groups in total. The second kappa shape index (κ2) is 6.21. The van der Waals surface area contributed by atoms with Crippen molar-refractivity contribution in [1.82, 2.24) is 15.4 Å². The van der Waals surface area contributed by atoms with Crippen molar-refractivity contribution < 1.29 is 14.7 Å². The Bertz CT molecular complexity index is 913. The van der Waals surface area contributed by atoms with E-state index in [1.807, 2.05) is 24.3 Å². The first-order valence-corrected chi connectivity index (χ1v) is 7.62. The van der Waals surface area contributed by atoms with Gasteiger partial charge in [0.25, 0.3) is 5.91 Å². The largest absolute Gasteiger partial charge is 0.464 e. The quantitative estimate of drug-likeness (QED) is 0.503. The lowest BCUT2D eigenvalue weighted by atomic mass is 10.1. The van der Waals surface area contributed by atoms with Crippen molar-refractivity contribution in [2.24, 2.45) is 0 Å². The van der Waals surface area contributed by atoms with E-state index in [9.17, 15) is 4.79 Å². The summed E-state index contributed by atoms with van der Waals surface area (Å²) in [4.78, 5) is 20.0. The molecule has 1 amide bonds. The van der Waals surface area contributed by atoms with E-state index in [4.69, 9.17) is 9.94 Å². The first kappa shape index (κ1) is 15.1. The van der Waals surface area contributed by atoms with Gasteiger partial charge in [-0.1, -0.05) is 0 Å². The number of rotatable bonds is 3. The van der Waals surface area contributed by atoms with Gasteiger partial charge in [0, 0.05) is 35.3 Å². The number of anilines is 1. The third kappa shape index (κ3) is 2.88. The minimum Gasteiger partial charge on any atom is -0.464 e. The van der Waals surface area contributed by atoms with Gasteiger partial charge in [-0.15, -0.1) is 0 Å². The van der Waals surface area contributed by atoms with Crippen LogP contribution >= 0.6 is 0 Å². The number of benzene rings is 1. The topological polar surface area (TPSA) is 96.4 Å². The number of hydrogen-bond acceptors (Lipinski definition) is 6. The van der Waals surface area contributed by atoms with Gasteiger partial charge in [-0.2, -0.15) is 0 Å². The molecule has 7 heteroatoms. The van der Waals surface area contributed by atoms with Gasteiger partial charge in [0.1, 0.15) is 5.75 Å². The zero-order chi connectivity index (χ0) is 17.2. The van der Waals surface area contributed by atoms with Crippen LogP contribution in [-0.2, 0) is 0 Å². The molecular weight excluding hydrogens is 320 g/mol. The summed E-state index contributed by atoms with van der Waals surface area (Å²) >= 11 is 0. The summed E-state index contributed by atoms with van der Waals surface area (Å²) in [5, 5.41) is 11.9. The fraction of sp³-hybridized carbons (Fsp3) is 0.0556. The van der Waals surface area contributed by atoms with E-state index in [1.54, 1.807) is 42.3 Å². The lowest BCUT2D eigenvalue weighted by molar-refractivity contribution is 0.0706. The van der Waals surface area contributed by atoms with Crippen LogP contribution in [0.5, 0.6) is 5.75 Å². The number of carbonyl (C=O) groups excluding carboxylic acids is 1. The van der Waals surface area contributed by atoms with E-state index in [0.29, 0.717) is 11.3 Å². The van der Waals surface area contributed by atoms with Gasteiger partial charge in [0.05, 0.1) is 11.4 Å². The first-order chi connectivity index (χ1) is 12.2. The Kier molecular flexibility index (Phi) is 3.75. The summed E-state index contributed by atoms with van der Waals surface area (Å²) in [6.45, 7) is 0.